The molecular formula is C15H19N3O2S. The van der Waals surface area contributed by atoms with Gasteiger partial charge in [0, 0.05) is 37.3 Å². The molecule has 0 aliphatic carbocycles. The summed E-state index contributed by atoms with van der Waals surface area (Å²) in [4.78, 5) is 22.3. The van der Waals surface area contributed by atoms with Crippen LogP contribution >= 0.6 is 11.3 Å². The molecule has 6 heteroatoms. The molecular weight excluding hydrogens is 286 g/mol. The minimum Gasteiger partial charge on any atom is -0.466 e. The largest absolute Gasteiger partial charge is 0.466 e. The third kappa shape index (κ3) is 4.82. The van der Waals surface area contributed by atoms with Crippen LogP contribution in [0.5, 0.6) is 0 Å². The molecule has 2 heterocycles. The second-order valence-electron chi connectivity index (χ2n) is 4.60. The summed E-state index contributed by atoms with van der Waals surface area (Å²) in [5.74, 6) is -0.231. The van der Waals surface area contributed by atoms with Crippen LogP contribution in [-0.2, 0) is 22.4 Å². The van der Waals surface area contributed by atoms with E-state index in [1.54, 1.807) is 13.1 Å². The summed E-state index contributed by atoms with van der Waals surface area (Å²) in [6.45, 7) is 3.04. The van der Waals surface area contributed by atoms with Crippen molar-refractivity contribution in [2.75, 3.05) is 25.1 Å². The van der Waals surface area contributed by atoms with Gasteiger partial charge < -0.3 is 9.64 Å². The lowest BCUT2D eigenvalue weighted by molar-refractivity contribution is -0.142. The first kappa shape index (κ1) is 15.4. The van der Waals surface area contributed by atoms with Crippen LogP contribution in [0.25, 0.3) is 0 Å². The summed E-state index contributed by atoms with van der Waals surface area (Å²) in [5.41, 5.74) is 1.82. The highest BCUT2D eigenvalue weighted by Gasteiger charge is 2.11. The first-order valence-electron chi connectivity index (χ1n) is 6.90. The molecule has 0 N–H and O–H groups in total. The molecule has 112 valence electrons. The maximum atomic E-state index is 11.4. The fourth-order valence-electron chi connectivity index (χ4n) is 1.84. The molecule has 0 spiro atoms. The van der Waals surface area contributed by atoms with Crippen molar-refractivity contribution in [2.45, 2.75) is 19.8 Å². The standard InChI is InChI=1S/C15H19N3O2S/c1-3-20-14(19)10-13-11-21-15(17-13)18(2)9-7-12-6-4-5-8-16-12/h4-6,8,11H,3,7,9-10H2,1-2H3. The van der Waals surface area contributed by atoms with Gasteiger partial charge in [-0.15, -0.1) is 11.3 Å². The molecule has 0 amide bonds. The highest BCUT2D eigenvalue weighted by Crippen LogP contribution is 2.20. The number of thiazole rings is 1. The minimum atomic E-state index is -0.231. The molecule has 0 bridgehead atoms. The van der Waals surface area contributed by atoms with Crippen LogP contribution in [0, 0.1) is 0 Å². The lowest BCUT2D eigenvalue weighted by atomic mass is 10.2. The Balaban J connectivity index is 1.87. The van der Waals surface area contributed by atoms with E-state index < -0.39 is 0 Å². The number of nitrogens with zero attached hydrogens (tertiary/aromatic N) is 3. The number of anilines is 1. The fraction of sp³-hybridized carbons (Fsp3) is 0.400. The maximum absolute atomic E-state index is 11.4. The molecule has 0 aliphatic rings. The molecule has 0 atom stereocenters. The Morgan fingerprint density at radius 1 is 1.38 bits per heavy atom. The normalized spacial score (nSPS) is 10.4. The molecule has 0 saturated carbocycles. The van der Waals surface area contributed by atoms with Gasteiger partial charge in [0.15, 0.2) is 5.13 Å². The molecule has 2 aromatic heterocycles. The predicted molar refractivity (Wildman–Crippen MR) is 83.7 cm³/mol. The van der Waals surface area contributed by atoms with Gasteiger partial charge in [-0.1, -0.05) is 6.07 Å². The number of aromatic nitrogens is 2. The maximum Gasteiger partial charge on any atom is 0.311 e. The number of likely N-dealkylation sites (N-methyl/N-ethyl adjacent to an activating group) is 1. The minimum absolute atomic E-state index is 0.231. The monoisotopic (exact) mass is 305 g/mol. The van der Waals surface area contributed by atoms with Crippen molar-refractivity contribution in [3.63, 3.8) is 0 Å². The van der Waals surface area contributed by atoms with E-state index in [1.165, 1.54) is 11.3 Å². The van der Waals surface area contributed by atoms with Crippen LogP contribution in [0.4, 0.5) is 5.13 Å². The average molecular weight is 305 g/mol. The van der Waals surface area contributed by atoms with Gasteiger partial charge >= 0.3 is 5.97 Å². The number of hydrogen-bond acceptors (Lipinski definition) is 6. The molecule has 21 heavy (non-hydrogen) atoms. The van der Waals surface area contributed by atoms with Gasteiger partial charge in [-0.05, 0) is 19.1 Å². The van der Waals surface area contributed by atoms with Crippen LogP contribution in [0.3, 0.4) is 0 Å². The first-order valence-corrected chi connectivity index (χ1v) is 7.78. The Hall–Kier alpha value is -1.95. The quantitative estimate of drug-likeness (QED) is 0.735. The van der Waals surface area contributed by atoms with Gasteiger partial charge in [0.1, 0.15) is 0 Å². The van der Waals surface area contributed by atoms with Crippen molar-refractivity contribution in [1.29, 1.82) is 0 Å². The lowest BCUT2D eigenvalue weighted by Gasteiger charge is -2.15. The number of carbonyl (C=O) groups excluding carboxylic acids is 1. The molecule has 0 aromatic carbocycles. The van der Waals surface area contributed by atoms with Crippen LogP contribution in [0.1, 0.15) is 18.3 Å². The number of hydrogen-bond donors (Lipinski definition) is 0. The van der Waals surface area contributed by atoms with E-state index in [4.69, 9.17) is 4.74 Å². The number of esters is 1. The van der Waals surface area contributed by atoms with Crippen LogP contribution in [0.15, 0.2) is 29.8 Å². The SMILES string of the molecule is CCOC(=O)Cc1csc(N(C)CCc2ccccn2)n1. The summed E-state index contributed by atoms with van der Waals surface area (Å²) < 4.78 is 4.92. The third-order valence-electron chi connectivity index (χ3n) is 2.93. The topological polar surface area (TPSA) is 55.3 Å². The van der Waals surface area contributed by atoms with Gasteiger partial charge in [0.05, 0.1) is 18.7 Å². The van der Waals surface area contributed by atoms with E-state index >= 15 is 0 Å². The van der Waals surface area contributed by atoms with E-state index in [1.807, 2.05) is 30.6 Å². The molecule has 2 rings (SSSR count). The summed E-state index contributed by atoms with van der Waals surface area (Å²) >= 11 is 1.54. The second kappa shape index (κ2) is 7.73. The highest BCUT2D eigenvalue weighted by atomic mass is 32.1. The number of rotatable bonds is 7. The Morgan fingerprint density at radius 2 is 2.24 bits per heavy atom. The number of carbonyl (C=O) groups is 1. The lowest BCUT2D eigenvalue weighted by Crippen LogP contribution is -2.20. The zero-order valence-corrected chi connectivity index (χ0v) is 13.1. The van der Waals surface area contributed by atoms with E-state index in [0.29, 0.717) is 6.61 Å². The van der Waals surface area contributed by atoms with E-state index in [0.717, 1.165) is 29.5 Å². The Labute approximate surface area is 128 Å². The Bertz CT molecular complexity index is 571. The van der Waals surface area contributed by atoms with Gasteiger partial charge in [0.25, 0.3) is 0 Å². The van der Waals surface area contributed by atoms with Crippen molar-refractivity contribution in [2.24, 2.45) is 0 Å². The zero-order valence-electron chi connectivity index (χ0n) is 12.3. The summed E-state index contributed by atoms with van der Waals surface area (Å²) in [6.07, 6.45) is 2.90. The van der Waals surface area contributed by atoms with E-state index in [9.17, 15) is 4.79 Å². The molecule has 0 unspecified atom stereocenters. The molecule has 0 aliphatic heterocycles. The smallest absolute Gasteiger partial charge is 0.311 e. The fourth-order valence-corrected chi connectivity index (χ4v) is 2.66. The molecule has 5 nitrogen and oxygen atoms in total. The van der Waals surface area contributed by atoms with Crippen LogP contribution in [-0.4, -0.2) is 36.1 Å². The Morgan fingerprint density at radius 3 is 2.95 bits per heavy atom. The summed E-state index contributed by atoms with van der Waals surface area (Å²) in [5, 5.41) is 2.81. The van der Waals surface area contributed by atoms with Crippen molar-refractivity contribution in [3.8, 4) is 0 Å². The summed E-state index contributed by atoms with van der Waals surface area (Å²) in [6, 6.07) is 5.92. The van der Waals surface area contributed by atoms with Crippen molar-refractivity contribution < 1.29 is 9.53 Å². The van der Waals surface area contributed by atoms with Gasteiger partial charge in [0.2, 0.25) is 0 Å². The van der Waals surface area contributed by atoms with Crippen LogP contribution < -0.4 is 4.90 Å². The highest BCUT2D eigenvalue weighted by molar-refractivity contribution is 7.13. The number of ether oxygens (including phenoxy) is 1. The predicted octanol–water partition coefficient (Wildman–Crippen LogP) is 2.32. The Kier molecular flexibility index (Phi) is 5.68. The summed E-state index contributed by atoms with van der Waals surface area (Å²) in [7, 11) is 2.00. The average Bonchev–Trinajstić information content (AvgIpc) is 2.94. The number of pyridine rings is 1. The third-order valence-corrected chi connectivity index (χ3v) is 3.93. The molecule has 0 radical (unpaired) electrons. The molecule has 2 aromatic rings. The molecule has 0 fully saturated rings. The van der Waals surface area contributed by atoms with Gasteiger partial charge in [-0.25, -0.2) is 4.98 Å². The van der Waals surface area contributed by atoms with Crippen molar-refractivity contribution >= 4 is 22.4 Å². The first-order chi connectivity index (χ1) is 10.2. The second-order valence-corrected chi connectivity index (χ2v) is 5.43. The van der Waals surface area contributed by atoms with Gasteiger partial charge in [-0.3, -0.25) is 9.78 Å². The van der Waals surface area contributed by atoms with Crippen molar-refractivity contribution in [3.05, 3.63) is 41.2 Å². The van der Waals surface area contributed by atoms with Crippen LogP contribution in [0.2, 0.25) is 0 Å². The van der Waals surface area contributed by atoms with Crippen molar-refractivity contribution in [1.82, 2.24) is 9.97 Å². The van der Waals surface area contributed by atoms with Gasteiger partial charge in [-0.2, -0.15) is 0 Å². The van der Waals surface area contributed by atoms with E-state index in [-0.39, 0.29) is 12.4 Å². The zero-order chi connectivity index (χ0) is 15.1. The van der Waals surface area contributed by atoms with E-state index in [2.05, 4.69) is 14.9 Å². The molecule has 0 saturated heterocycles.